The van der Waals surface area contributed by atoms with Gasteiger partial charge in [-0.3, -0.25) is 4.79 Å². The van der Waals surface area contributed by atoms with Gasteiger partial charge in [-0.15, -0.1) is 0 Å². The number of hydrogen-bond donors (Lipinski definition) is 1. The minimum absolute atomic E-state index is 0.133. The van der Waals surface area contributed by atoms with Gasteiger partial charge in [-0.1, -0.05) is 82.8 Å². The van der Waals surface area contributed by atoms with Gasteiger partial charge < -0.3 is 15.4 Å². The summed E-state index contributed by atoms with van der Waals surface area (Å²) in [4.78, 5) is 15.7. The second-order valence-electron chi connectivity index (χ2n) is 10.2. The summed E-state index contributed by atoms with van der Waals surface area (Å²) < 4.78 is 5.84. The molecular formula is C31H34Cl4N2O2. The Kier molecular flexibility index (Phi) is 10.9. The highest BCUT2D eigenvalue weighted by Gasteiger charge is 2.36. The van der Waals surface area contributed by atoms with Gasteiger partial charge in [0.1, 0.15) is 0 Å². The van der Waals surface area contributed by atoms with Crippen LogP contribution in [0.25, 0.3) is 0 Å². The maximum Gasteiger partial charge on any atom is 0.226 e. The van der Waals surface area contributed by atoms with Crippen LogP contribution >= 0.6 is 46.4 Å². The van der Waals surface area contributed by atoms with Crippen molar-refractivity contribution in [2.24, 2.45) is 11.7 Å². The fourth-order valence-electron chi connectivity index (χ4n) is 4.78. The highest BCUT2D eigenvalue weighted by molar-refractivity contribution is 6.42. The van der Waals surface area contributed by atoms with Crippen LogP contribution in [-0.4, -0.2) is 30.0 Å². The maximum absolute atomic E-state index is 13.7. The van der Waals surface area contributed by atoms with Gasteiger partial charge in [0.2, 0.25) is 5.91 Å². The first kappa shape index (κ1) is 30.0. The molecule has 1 aliphatic carbocycles. The van der Waals surface area contributed by atoms with E-state index in [0.29, 0.717) is 58.4 Å². The Morgan fingerprint density at radius 3 is 2.31 bits per heavy atom. The Morgan fingerprint density at radius 1 is 1.00 bits per heavy atom. The van der Waals surface area contributed by atoms with Gasteiger partial charge in [-0.05, 0) is 92.4 Å². The van der Waals surface area contributed by atoms with Crippen molar-refractivity contribution in [1.29, 1.82) is 0 Å². The molecule has 4 rings (SSSR count). The first-order valence-electron chi connectivity index (χ1n) is 13.4. The summed E-state index contributed by atoms with van der Waals surface area (Å²) in [5.74, 6) is 0.484. The van der Waals surface area contributed by atoms with Crippen molar-refractivity contribution < 1.29 is 9.53 Å². The average Bonchev–Trinajstić information content (AvgIpc) is 3.74. The smallest absolute Gasteiger partial charge is 0.226 e. The molecule has 208 valence electrons. The lowest BCUT2D eigenvalue weighted by molar-refractivity contribution is -0.137. The number of hydrogen-bond acceptors (Lipinski definition) is 3. The van der Waals surface area contributed by atoms with E-state index in [0.717, 1.165) is 42.4 Å². The molecule has 2 N–H and O–H groups in total. The van der Waals surface area contributed by atoms with Crippen molar-refractivity contribution in [2.45, 2.75) is 58.0 Å². The van der Waals surface area contributed by atoms with Gasteiger partial charge >= 0.3 is 0 Å². The minimum Gasteiger partial charge on any atom is -0.490 e. The monoisotopic (exact) mass is 606 g/mol. The maximum atomic E-state index is 13.7. The highest BCUT2D eigenvalue weighted by atomic mass is 35.5. The number of benzene rings is 3. The van der Waals surface area contributed by atoms with Gasteiger partial charge in [-0.25, -0.2) is 0 Å². The molecule has 1 aliphatic rings. The molecule has 0 aliphatic heterocycles. The summed E-state index contributed by atoms with van der Waals surface area (Å²) >= 11 is 25.2. The van der Waals surface area contributed by atoms with E-state index in [9.17, 15) is 4.79 Å². The van der Waals surface area contributed by atoms with Gasteiger partial charge in [0.25, 0.3) is 0 Å². The van der Waals surface area contributed by atoms with Crippen molar-refractivity contribution in [1.82, 2.24) is 4.90 Å². The predicted octanol–water partition coefficient (Wildman–Crippen LogP) is 8.32. The summed E-state index contributed by atoms with van der Waals surface area (Å²) in [7, 11) is 0. The zero-order valence-corrected chi connectivity index (χ0v) is 25.1. The van der Waals surface area contributed by atoms with Crippen LogP contribution in [0.1, 0.15) is 47.9 Å². The molecule has 1 saturated carbocycles. The Hall–Kier alpha value is -1.95. The van der Waals surface area contributed by atoms with Crippen LogP contribution in [0, 0.1) is 12.8 Å². The van der Waals surface area contributed by atoms with E-state index in [1.807, 2.05) is 36.1 Å². The molecule has 4 nitrogen and oxygen atoms in total. The zero-order chi connectivity index (χ0) is 27.9. The van der Waals surface area contributed by atoms with Crippen LogP contribution in [0.3, 0.4) is 0 Å². The standard InChI is InChI=1S/C31H34Cl4N2O2/c1-20-16-27(33)30(28(34)17-20)39-15-3-4-21-7-9-22(10-8-21)18-23(13-14-36)31(38)37(25-11-12-25)19-24-5-2-6-26(32)29(24)35/h2,5-10,16-17,23,25H,3-4,11-15,18-19,36H2,1H3. The third-order valence-corrected chi connectivity index (χ3v) is 8.43. The van der Waals surface area contributed by atoms with Crippen molar-refractivity contribution in [2.75, 3.05) is 13.2 Å². The van der Waals surface area contributed by atoms with E-state index < -0.39 is 0 Å². The van der Waals surface area contributed by atoms with E-state index in [1.165, 1.54) is 5.56 Å². The summed E-state index contributed by atoms with van der Waals surface area (Å²) in [6, 6.07) is 18.0. The van der Waals surface area contributed by atoms with Crippen molar-refractivity contribution in [3.63, 3.8) is 0 Å². The molecule has 1 amide bonds. The molecule has 1 atom stereocenters. The van der Waals surface area contributed by atoms with Crippen LogP contribution in [0.5, 0.6) is 5.75 Å². The second kappa shape index (κ2) is 14.1. The number of rotatable bonds is 13. The van der Waals surface area contributed by atoms with E-state index >= 15 is 0 Å². The number of carbonyl (C=O) groups is 1. The Bertz CT molecular complexity index is 1260. The van der Waals surface area contributed by atoms with Crippen LogP contribution < -0.4 is 10.5 Å². The molecule has 0 aromatic heterocycles. The molecular weight excluding hydrogens is 574 g/mol. The van der Waals surface area contributed by atoms with Gasteiger partial charge in [0.15, 0.2) is 5.75 Å². The van der Waals surface area contributed by atoms with Crippen LogP contribution in [-0.2, 0) is 24.2 Å². The molecule has 0 bridgehead atoms. The SMILES string of the molecule is Cc1cc(Cl)c(OCCCc2ccc(CC(CCN)C(=O)N(Cc3cccc(Cl)c3Cl)C3CC3)cc2)c(Cl)c1. The lowest BCUT2D eigenvalue weighted by atomic mass is 9.93. The number of aryl methyl sites for hydroxylation is 2. The first-order valence-corrected chi connectivity index (χ1v) is 14.9. The number of amides is 1. The molecule has 3 aromatic carbocycles. The minimum atomic E-state index is -0.184. The van der Waals surface area contributed by atoms with E-state index in [4.69, 9.17) is 56.9 Å². The van der Waals surface area contributed by atoms with E-state index in [2.05, 4.69) is 24.3 Å². The fourth-order valence-corrected chi connectivity index (χ4v) is 5.86. The molecule has 0 spiro atoms. The Morgan fingerprint density at radius 2 is 1.67 bits per heavy atom. The van der Waals surface area contributed by atoms with Gasteiger partial charge in [-0.2, -0.15) is 0 Å². The Balaban J connectivity index is 1.34. The number of carbonyl (C=O) groups excluding carboxylic acids is 1. The Labute approximate surface area is 251 Å². The molecule has 39 heavy (non-hydrogen) atoms. The average molecular weight is 608 g/mol. The van der Waals surface area contributed by atoms with Crippen molar-refractivity contribution in [3.05, 3.63) is 96.9 Å². The number of halogens is 4. The quantitative estimate of drug-likeness (QED) is 0.199. The molecule has 3 aromatic rings. The number of nitrogens with zero attached hydrogens (tertiary/aromatic N) is 1. The van der Waals surface area contributed by atoms with Crippen molar-refractivity contribution >= 4 is 52.3 Å². The predicted molar refractivity (Wildman–Crippen MR) is 162 cm³/mol. The van der Waals surface area contributed by atoms with Crippen LogP contribution in [0.15, 0.2) is 54.6 Å². The van der Waals surface area contributed by atoms with Crippen LogP contribution in [0.4, 0.5) is 0 Å². The third-order valence-electron chi connectivity index (χ3n) is 7.01. The topological polar surface area (TPSA) is 55.6 Å². The summed E-state index contributed by atoms with van der Waals surface area (Å²) in [5.41, 5.74) is 10.1. The number of nitrogens with two attached hydrogens (primary N) is 1. The molecule has 1 unspecified atom stereocenters. The lowest BCUT2D eigenvalue weighted by Crippen LogP contribution is -2.39. The zero-order valence-electron chi connectivity index (χ0n) is 22.1. The fraction of sp³-hybridized carbons (Fsp3) is 0.387. The summed E-state index contributed by atoms with van der Waals surface area (Å²) in [5, 5.41) is 2.08. The lowest BCUT2D eigenvalue weighted by Gasteiger charge is -2.28. The molecule has 0 saturated heterocycles. The number of ether oxygens (including phenoxy) is 1. The van der Waals surface area contributed by atoms with E-state index in [1.54, 1.807) is 6.07 Å². The van der Waals surface area contributed by atoms with Gasteiger partial charge in [0, 0.05) is 18.5 Å². The summed E-state index contributed by atoms with van der Waals surface area (Å²) in [6.07, 6.45) is 5.00. The highest BCUT2D eigenvalue weighted by Crippen LogP contribution is 2.35. The summed E-state index contributed by atoms with van der Waals surface area (Å²) in [6.45, 7) is 3.38. The molecule has 8 heteroatoms. The first-order chi connectivity index (χ1) is 18.8. The van der Waals surface area contributed by atoms with Crippen molar-refractivity contribution in [3.8, 4) is 5.75 Å². The van der Waals surface area contributed by atoms with Crippen LogP contribution in [0.2, 0.25) is 20.1 Å². The molecule has 0 radical (unpaired) electrons. The largest absolute Gasteiger partial charge is 0.490 e. The normalized spacial score (nSPS) is 13.8. The third kappa shape index (κ3) is 8.28. The molecule has 1 fully saturated rings. The van der Waals surface area contributed by atoms with E-state index in [-0.39, 0.29) is 17.9 Å². The molecule has 0 heterocycles. The second-order valence-corrected chi connectivity index (χ2v) is 11.8. The van der Waals surface area contributed by atoms with Gasteiger partial charge in [0.05, 0.1) is 26.7 Å².